The summed E-state index contributed by atoms with van der Waals surface area (Å²) < 4.78 is 1.36. The van der Waals surface area contributed by atoms with Crippen LogP contribution in [0.5, 0.6) is 5.75 Å². The minimum absolute atomic E-state index is 0.347. The number of rotatable bonds is 2. The monoisotopic (exact) mass is 241 g/mol. The van der Waals surface area contributed by atoms with E-state index in [4.69, 9.17) is 5.73 Å². The summed E-state index contributed by atoms with van der Waals surface area (Å²) in [5.41, 5.74) is 6.81. The van der Waals surface area contributed by atoms with Gasteiger partial charge in [0.1, 0.15) is 0 Å². The molecular weight excluding hydrogens is 229 g/mol. The van der Waals surface area contributed by atoms with E-state index in [0.717, 1.165) is 6.42 Å². The van der Waals surface area contributed by atoms with Crippen molar-refractivity contribution in [2.45, 2.75) is 6.42 Å². The molecule has 1 aromatic carbocycles. The van der Waals surface area contributed by atoms with Crippen LogP contribution < -0.4 is 5.73 Å². The van der Waals surface area contributed by atoms with Crippen LogP contribution in [0.25, 0.3) is 9.65 Å². The third-order valence-electron chi connectivity index (χ3n) is 2.05. The zero-order valence-corrected chi connectivity index (χ0v) is 8.87. The molecule has 0 bridgehead atoms. The molecule has 2 aromatic rings. The average molecular weight is 240 g/mol. The van der Waals surface area contributed by atoms with Gasteiger partial charge in [-0.2, -0.15) is 0 Å². The van der Waals surface area contributed by atoms with E-state index in [1.807, 2.05) is 12.1 Å². The minimum atomic E-state index is 0.347. The molecule has 0 unspecified atom stereocenters. The van der Waals surface area contributed by atoms with Crippen LogP contribution in [0.15, 0.2) is 23.1 Å². The number of hydrogen-bond donors (Lipinski definition) is 2. The number of nitrogens with two attached hydrogens (primary N) is 1. The maximum atomic E-state index is 9.33. The van der Waals surface area contributed by atoms with Crippen LogP contribution in [-0.4, -0.2) is 26.2 Å². The summed E-state index contributed by atoms with van der Waals surface area (Å²) >= 11 is 0.438. The Morgan fingerprint density at radius 2 is 2.23 bits per heavy atom. The van der Waals surface area contributed by atoms with Gasteiger partial charge in [-0.1, -0.05) is 0 Å². The van der Waals surface area contributed by atoms with Crippen LogP contribution in [0.3, 0.4) is 0 Å². The number of hydrogen-bond acceptors (Lipinski definition) is 2. The molecule has 1 heterocycles. The van der Waals surface area contributed by atoms with Gasteiger partial charge in [-0.3, -0.25) is 0 Å². The molecule has 0 aliphatic carbocycles. The van der Waals surface area contributed by atoms with E-state index in [1.54, 1.807) is 6.07 Å². The number of benzene rings is 1. The first-order valence-corrected chi connectivity index (χ1v) is 6.05. The summed E-state index contributed by atoms with van der Waals surface area (Å²) in [4.78, 5) is 2.25. The molecule has 0 aliphatic heterocycles. The van der Waals surface area contributed by atoms with Gasteiger partial charge in [-0.15, -0.1) is 0 Å². The van der Waals surface area contributed by atoms with Crippen LogP contribution in [-0.2, 0) is 6.42 Å². The third-order valence-corrected chi connectivity index (χ3v) is 4.17. The summed E-state index contributed by atoms with van der Waals surface area (Å²) in [6.07, 6.45) is 0.915. The molecule has 0 aliphatic rings. The Balaban J connectivity index is 2.58. The predicted octanol–water partition coefficient (Wildman–Crippen LogP) is 1.10. The van der Waals surface area contributed by atoms with Gasteiger partial charge in [0, 0.05) is 0 Å². The fraction of sp³-hybridized carbons (Fsp3) is 0.200. The second-order valence-corrected chi connectivity index (χ2v) is 4.89. The molecule has 0 atom stereocenters. The quantitative estimate of drug-likeness (QED) is 0.772. The predicted molar refractivity (Wildman–Crippen MR) is 55.3 cm³/mol. The second kappa shape index (κ2) is 3.54. The summed E-state index contributed by atoms with van der Waals surface area (Å²) in [6.45, 7) is 0.678. The van der Waals surface area contributed by atoms with Crippen molar-refractivity contribution in [2.24, 2.45) is 5.73 Å². The summed E-state index contributed by atoms with van der Waals surface area (Å²) in [7, 11) is 0. The number of fused-ring (bicyclic) bond motifs is 1. The Morgan fingerprint density at radius 1 is 1.38 bits per heavy atom. The van der Waals surface area contributed by atoms with Crippen LogP contribution in [0.1, 0.15) is 5.56 Å². The van der Waals surface area contributed by atoms with Crippen LogP contribution in [0, 0.1) is 0 Å². The summed E-state index contributed by atoms with van der Waals surface area (Å²) in [6, 6.07) is 5.59. The van der Waals surface area contributed by atoms with Gasteiger partial charge in [0.2, 0.25) is 0 Å². The van der Waals surface area contributed by atoms with Crippen molar-refractivity contribution in [3.05, 3.63) is 28.7 Å². The van der Waals surface area contributed by atoms with E-state index in [1.165, 1.54) is 15.2 Å². The molecule has 1 aromatic heterocycles. The van der Waals surface area contributed by atoms with E-state index in [0.29, 0.717) is 26.8 Å². The second-order valence-electron chi connectivity index (χ2n) is 2.98. The molecule has 0 spiro atoms. The van der Waals surface area contributed by atoms with Crippen LogP contribution in [0.2, 0.25) is 0 Å². The van der Waals surface area contributed by atoms with Gasteiger partial charge in [0.05, 0.1) is 0 Å². The SMILES string of the molecule is NCCc1c[se]c2ccc(O)cc12. The topological polar surface area (TPSA) is 46.2 Å². The molecule has 0 amide bonds. The van der Waals surface area contributed by atoms with Gasteiger partial charge in [0.25, 0.3) is 0 Å². The third kappa shape index (κ3) is 1.63. The van der Waals surface area contributed by atoms with E-state index in [2.05, 4.69) is 4.94 Å². The van der Waals surface area contributed by atoms with Gasteiger partial charge in [0.15, 0.2) is 0 Å². The molecule has 13 heavy (non-hydrogen) atoms. The van der Waals surface area contributed by atoms with E-state index < -0.39 is 0 Å². The van der Waals surface area contributed by atoms with Crippen molar-refractivity contribution in [3.8, 4) is 5.75 Å². The summed E-state index contributed by atoms with van der Waals surface area (Å²) in [5, 5.41) is 10.5. The van der Waals surface area contributed by atoms with Gasteiger partial charge in [-0.25, -0.2) is 0 Å². The van der Waals surface area contributed by atoms with Crippen LogP contribution in [0.4, 0.5) is 0 Å². The molecule has 0 saturated heterocycles. The Hall–Kier alpha value is -0.761. The van der Waals surface area contributed by atoms with Crippen LogP contribution >= 0.6 is 0 Å². The molecule has 68 valence electrons. The fourth-order valence-electron chi connectivity index (χ4n) is 1.42. The van der Waals surface area contributed by atoms with E-state index in [9.17, 15) is 5.11 Å². The number of phenols is 1. The van der Waals surface area contributed by atoms with Gasteiger partial charge < -0.3 is 0 Å². The zero-order chi connectivity index (χ0) is 9.26. The molecule has 0 radical (unpaired) electrons. The first-order valence-electron chi connectivity index (χ1n) is 4.20. The van der Waals surface area contributed by atoms with Gasteiger partial charge in [-0.05, 0) is 0 Å². The van der Waals surface area contributed by atoms with Crippen molar-refractivity contribution < 1.29 is 5.11 Å². The normalized spacial score (nSPS) is 10.8. The molecule has 0 fully saturated rings. The number of aromatic hydroxyl groups is 1. The first-order chi connectivity index (χ1) is 6.31. The number of phenolic OH excluding ortho intramolecular Hbond substituents is 1. The first kappa shape index (κ1) is 8.82. The molecule has 2 nitrogen and oxygen atoms in total. The zero-order valence-electron chi connectivity index (χ0n) is 7.16. The Morgan fingerprint density at radius 3 is 3.00 bits per heavy atom. The van der Waals surface area contributed by atoms with E-state index in [-0.39, 0.29) is 0 Å². The van der Waals surface area contributed by atoms with Crippen molar-refractivity contribution in [3.63, 3.8) is 0 Å². The van der Waals surface area contributed by atoms with Crippen molar-refractivity contribution in [1.29, 1.82) is 0 Å². The van der Waals surface area contributed by atoms with E-state index >= 15 is 0 Å². The Kier molecular flexibility index (Phi) is 2.40. The summed E-state index contributed by atoms with van der Waals surface area (Å²) in [5.74, 6) is 0.347. The average Bonchev–Trinajstić information content (AvgIpc) is 2.49. The van der Waals surface area contributed by atoms with Crippen molar-refractivity contribution >= 4 is 24.1 Å². The molecule has 0 saturated carbocycles. The van der Waals surface area contributed by atoms with Crippen molar-refractivity contribution in [1.82, 2.24) is 0 Å². The van der Waals surface area contributed by atoms with Crippen molar-refractivity contribution in [2.75, 3.05) is 6.54 Å². The standard InChI is InChI=1S/C10H11NOSe/c11-4-3-7-6-13-10-2-1-8(12)5-9(7)10/h1-2,5-6,12H,3-4,11H2. The Labute approximate surface area is 82.7 Å². The Bertz CT molecular complexity index is 422. The fourth-order valence-corrected chi connectivity index (χ4v) is 3.47. The maximum absolute atomic E-state index is 9.33. The molecule has 3 heteroatoms. The molecule has 3 N–H and O–H groups in total. The molecular formula is C10H11NOSe. The molecule has 2 rings (SSSR count). The van der Waals surface area contributed by atoms with Gasteiger partial charge >= 0.3 is 82.4 Å².